The first-order valence-corrected chi connectivity index (χ1v) is 12.4. The molecule has 1 amide bonds. The highest BCUT2D eigenvalue weighted by Crippen LogP contribution is 2.64. The second-order valence-electron chi connectivity index (χ2n) is 10.8. The van der Waals surface area contributed by atoms with Crippen LogP contribution >= 0.6 is 0 Å². The van der Waals surface area contributed by atoms with Crippen molar-refractivity contribution in [2.24, 2.45) is 28.6 Å². The zero-order valence-electron chi connectivity index (χ0n) is 20.7. The molecule has 9 nitrogen and oxygen atoms in total. The fourth-order valence-corrected chi connectivity index (χ4v) is 7.27. The second-order valence-corrected chi connectivity index (χ2v) is 10.8. The number of ether oxygens (including phenoxy) is 4. The summed E-state index contributed by atoms with van der Waals surface area (Å²) in [6.07, 6.45) is 2.68. The minimum absolute atomic E-state index is 0.0774. The highest BCUT2D eigenvalue weighted by Gasteiger charge is 2.68. The molecule has 0 aromatic carbocycles. The van der Waals surface area contributed by atoms with E-state index in [4.69, 9.17) is 18.9 Å². The molecule has 4 aliphatic rings. The minimum Gasteiger partial charge on any atom is -0.469 e. The van der Waals surface area contributed by atoms with Gasteiger partial charge in [-0.3, -0.25) is 19.2 Å². The molecule has 0 aromatic rings. The fraction of sp³-hybridized carbons (Fsp3) is 0.840. The molecule has 0 unspecified atom stereocenters. The summed E-state index contributed by atoms with van der Waals surface area (Å²) < 4.78 is 21.6. The number of methoxy groups -OCH3 is 2. The normalized spacial score (nSPS) is 40.1. The molecule has 2 aliphatic heterocycles. The number of likely N-dealkylation sites (tertiary alicyclic amines) is 1. The van der Waals surface area contributed by atoms with Gasteiger partial charge in [0.1, 0.15) is 12.9 Å². The van der Waals surface area contributed by atoms with Crippen LogP contribution in [0.4, 0.5) is 0 Å². The number of fused-ring (bicyclic) bond motifs is 3. The Morgan fingerprint density at radius 3 is 2.44 bits per heavy atom. The van der Waals surface area contributed by atoms with Gasteiger partial charge in [0.05, 0.1) is 18.9 Å². The van der Waals surface area contributed by atoms with Gasteiger partial charge in [-0.2, -0.15) is 0 Å². The lowest BCUT2D eigenvalue weighted by Gasteiger charge is -2.61. The molecule has 4 rings (SSSR count). The number of Topliss-reactive ketones (excluding diaryl/α,β-unsaturated/α-hetero) is 1. The van der Waals surface area contributed by atoms with Gasteiger partial charge in [-0.15, -0.1) is 0 Å². The lowest BCUT2D eigenvalue weighted by atomic mass is 9.43. The topological polar surface area (TPSA) is 108 Å². The first kappa shape index (κ1) is 25.1. The number of esters is 2. The zero-order chi connectivity index (χ0) is 24.7. The van der Waals surface area contributed by atoms with Gasteiger partial charge in [0, 0.05) is 32.5 Å². The standard InChI is InChI=1S/C25H37NO8/c1-24-9-8-15-23(30)34-18(21(28)26-10-6-5-7-11-26)13-25(15,2)20(24)19(27)17(33-14-31-3)12-16(24)22(29)32-4/h15-18,20H,5-14H2,1-4H3/t15-,16-,17-,18-,20-,24-,25-/m0/s1. The Labute approximate surface area is 200 Å². The third-order valence-electron chi connectivity index (χ3n) is 8.92. The van der Waals surface area contributed by atoms with Crippen LogP contribution in [0, 0.1) is 28.6 Å². The Kier molecular flexibility index (Phi) is 7.06. The third-order valence-corrected chi connectivity index (χ3v) is 8.92. The predicted molar refractivity (Wildman–Crippen MR) is 119 cm³/mol. The van der Waals surface area contributed by atoms with Crippen molar-refractivity contribution >= 4 is 23.6 Å². The minimum atomic E-state index is -0.918. The quantitative estimate of drug-likeness (QED) is 0.436. The molecule has 0 bridgehead atoms. The van der Waals surface area contributed by atoms with Crippen molar-refractivity contribution in [2.45, 2.75) is 71.0 Å². The van der Waals surface area contributed by atoms with E-state index in [0.29, 0.717) is 25.9 Å². The van der Waals surface area contributed by atoms with Crippen molar-refractivity contribution in [1.82, 2.24) is 4.90 Å². The zero-order valence-corrected chi connectivity index (χ0v) is 20.7. The van der Waals surface area contributed by atoms with Gasteiger partial charge in [0.25, 0.3) is 5.91 Å². The second kappa shape index (κ2) is 9.57. The molecule has 4 fully saturated rings. The summed E-state index contributed by atoms with van der Waals surface area (Å²) in [5, 5.41) is 0. The summed E-state index contributed by atoms with van der Waals surface area (Å²) in [6.45, 7) is 5.11. The van der Waals surface area contributed by atoms with E-state index >= 15 is 0 Å². The first-order valence-electron chi connectivity index (χ1n) is 12.4. The summed E-state index contributed by atoms with van der Waals surface area (Å²) in [7, 11) is 2.82. The molecule has 0 radical (unpaired) electrons. The molecule has 0 aromatic heterocycles. The van der Waals surface area contributed by atoms with Gasteiger partial charge in [0.2, 0.25) is 0 Å². The smallest absolute Gasteiger partial charge is 0.310 e. The van der Waals surface area contributed by atoms with E-state index in [1.54, 1.807) is 4.90 Å². The maximum absolute atomic E-state index is 13.9. The van der Waals surface area contributed by atoms with E-state index in [1.807, 2.05) is 13.8 Å². The largest absolute Gasteiger partial charge is 0.469 e. The predicted octanol–water partition coefficient (Wildman–Crippen LogP) is 2.10. The summed E-state index contributed by atoms with van der Waals surface area (Å²) >= 11 is 0. The summed E-state index contributed by atoms with van der Waals surface area (Å²) in [4.78, 5) is 55.1. The summed E-state index contributed by atoms with van der Waals surface area (Å²) in [6, 6.07) is 0. The van der Waals surface area contributed by atoms with E-state index < -0.39 is 46.8 Å². The molecule has 2 saturated heterocycles. The highest BCUT2D eigenvalue weighted by atomic mass is 16.7. The van der Waals surface area contributed by atoms with Crippen molar-refractivity contribution in [3.8, 4) is 0 Å². The van der Waals surface area contributed by atoms with Crippen LogP contribution in [0.2, 0.25) is 0 Å². The van der Waals surface area contributed by atoms with Crippen LogP contribution in [-0.2, 0) is 38.1 Å². The number of ketones is 1. The number of carbonyl (C=O) groups excluding carboxylic acids is 4. The van der Waals surface area contributed by atoms with Gasteiger partial charge in [-0.25, -0.2) is 0 Å². The van der Waals surface area contributed by atoms with Crippen molar-refractivity contribution in [3.05, 3.63) is 0 Å². The van der Waals surface area contributed by atoms with Gasteiger partial charge >= 0.3 is 11.9 Å². The number of hydrogen-bond donors (Lipinski definition) is 0. The third kappa shape index (κ3) is 4.04. The van der Waals surface area contributed by atoms with Crippen molar-refractivity contribution < 1.29 is 38.1 Å². The van der Waals surface area contributed by atoms with Gasteiger partial charge in [-0.05, 0) is 49.4 Å². The molecule has 34 heavy (non-hydrogen) atoms. The molecule has 0 N–H and O–H groups in total. The average Bonchev–Trinajstić information content (AvgIpc) is 2.82. The molecule has 9 heteroatoms. The highest BCUT2D eigenvalue weighted by molar-refractivity contribution is 5.93. The number of cyclic esters (lactones) is 1. The number of nitrogens with zero attached hydrogens (tertiary/aromatic N) is 1. The first-order chi connectivity index (χ1) is 16.2. The molecule has 190 valence electrons. The molecule has 7 atom stereocenters. The molecule has 2 saturated carbocycles. The number of carbonyl (C=O) groups is 4. The van der Waals surface area contributed by atoms with E-state index in [0.717, 1.165) is 19.3 Å². The van der Waals surface area contributed by atoms with E-state index in [9.17, 15) is 19.2 Å². The summed E-state index contributed by atoms with van der Waals surface area (Å²) in [5.74, 6) is -2.84. The summed E-state index contributed by atoms with van der Waals surface area (Å²) in [5.41, 5.74) is -1.55. The molecule has 2 aliphatic carbocycles. The van der Waals surface area contributed by atoms with E-state index in [1.165, 1.54) is 14.2 Å². The molecule has 2 heterocycles. The molecular weight excluding hydrogens is 442 g/mol. The fourth-order valence-electron chi connectivity index (χ4n) is 7.27. The van der Waals surface area contributed by atoms with Crippen LogP contribution in [0.1, 0.15) is 58.8 Å². The van der Waals surface area contributed by atoms with Gasteiger partial charge in [-0.1, -0.05) is 13.8 Å². The van der Waals surface area contributed by atoms with Crippen LogP contribution in [0.3, 0.4) is 0 Å². The van der Waals surface area contributed by atoms with Crippen LogP contribution in [0.25, 0.3) is 0 Å². The number of hydrogen-bond acceptors (Lipinski definition) is 8. The van der Waals surface area contributed by atoms with Crippen molar-refractivity contribution in [1.29, 1.82) is 0 Å². The maximum Gasteiger partial charge on any atom is 0.310 e. The maximum atomic E-state index is 13.9. The van der Waals surface area contributed by atoms with Crippen molar-refractivity contribution in [2.75, 3.05) is 34.1 Å². The Balaban J connectivity index is 1.70. The molecular formula is C25H37NO8. The Morgan fingerprint density at radius 2 is 1.79 bits per heavy atom. The molecule has 0 spiro atoms. The SMILES string of the molecule is COCO[C@H]1C[C@@H](C(=O)OC)[C@]2(C)CC[C@H]3C(=O)O[C@H](C(=O)N4CCCCC4)C[C@]3(C)[C@H]2C1=O. The van der Waals surface area contributed by atoms with Gasteiger partial charge < -0.3 is 23.8 Å². The van der Waals surface area contributed by atoms with Gasteiger partial charge in [0.15, 0.2) is 11.9 Å². The number of rotatable bonds is 5. The lowest BCUT2D eigenvalue weighted by Crippen LogP contribution is -2.66. The van der Waals surface area contributed by atoms with Crippen LogP contribution in [0.15, 0.2) is 0 Å². The Bertz CT molecular complexity index is 839. The number of amides is 1. The van der Waals surface area contributed by atoms with Crippen LogP contribution < -0.4 is 0 Å². The Morgan fingerprint density at radius 1 is 1.09 bits per heavy atom. The Hall–Kier alpha value is -2.00. The number of piperidine rings is 1. The van der Waals surface area contributed by atoms with Crippen LogP contribution in [0.5, 0.6) is 0 Å². The van der Waals surface area contributed by atoms with E-state index in [2.05, 4.69) is 0 Å². The van der Waals surface area contributed by atoms with E-state index in [-0.39, 0.29) is 37.3 Å². The lowest BCUT2D eigenvalue weighted by molar-refractivity contribution is -0.214. The monoisotopic (exact) mass is 479 g/mol. The van der Waals surface area contributed by atoms with Crippen molar-refractivity contribution in [3.63, 3.8) is 0 Å². The van der Waals surface area contributed by atoms with Crippen LogP contribution in [-0.4, -0.2) is 74.8 Å². The average molecular weight is 480 g/mol.